The second kappa shape index (κ2) is 5.25. The molecule has 0 unspecified atom stereocenters. The van der Waals surface area contributed by atoms with Crippen molar-refractivity contribution in [2.75, 3.05) is 14.1 Å². The first kappa shape index (κ1) is 11.6. The molecule has 0 aliphatic rings. The highest BCUT2D eigenvalue weighted by Crippen LogP contribution is 2.12. The van der Waals surface area contributed by atoms with Crippen LogP contribution in [0.4, 0.5) is 0 Å². The van der Waals surface area contributed by atoms with E-state index in [2.05, 4.69) is 13.2 Å². The van der Waals surface area contributed by atoms with Crippen molar-refractivity contribution >= 4 is 0 Å². The highest BCUT2D eigenvalue weighted by Gasteiger charge is 2.00. The highest BCUT2D eigenvalue weighted by molar-refractivity contribution is 5.39. The molecule has 0 rings (SSSR count). The number of nitrogens with zero attached hydrogens (tertiary/aromatic N) is 1. The van der Waals surface area contributed by atoms with E-state index in [1.165, 1.54) is 0 Å². The van der Waals surface area contributed by atoms with E-state index in [-0.39, 0.29) is 0 Å². The summed E-state index contributed by atoms with van der Waals surface area (Å²) in [6, 6.07) is 0. The lowest BCUT2D eigenvalue weighted by Gasteiger charge is -2.16. The lowest BCUT2D eigenvalue weighted by molar-refractivity contribution is 0.526. The zero-order valence-electron chi connectivity index (χ0n) is 8.67. The average molecular weight is 178 g/mol. The molecule has 2 nitrogen and oxygen atoms in total. The quantitative estimate of drug-likeness (QED) is 0.667. The van der Waals surface area contributed by atoms with Crippen LogP contribution in [-0.2, 0) is 0 Å². The fourth-order valence-corrected chi connectivity index (χ4v) is 0.830. The minimum Gasteiger partial charge on any atom is -0.399 e. The van der Waals surface area contributed by atoms with E-state index in [1.54, 1.807) is 6.08 Å². The third-order valence-electron chi connectivity index (χ3n) is 1.74. The predicted molar refractivity (Wildman–Crippen MR) is 59.1 cm³/mol. The third kappa shape index (κ3) is 3.65. The van der Waals surface area contributed by atoms with Gasteiger partial charge in [0.2, 0.25) is 0 Å². The van der Waals surface area contributed by atoms with Crippen LogP contribution in [0, 0.1) is 0 Å². The number of allylic oxidation sites excluding steroid dienone is 3. The third-order valence-corrected chi connectivity index (χ3v) is 1.74. The molecule has 13 heavy (non-hydrogen) atoms. The van der Waals surface area contributed by atoms with Crippen LogP contribution >= 0.6 is 0 Å². The molecule has 0 aliphatic heterocycles. The average Bonchev–Trinajstić information content (AvgIpc) is 2.12. The van der Waals surface area contributed by atoms with Crippen molar-refractivity contribution in [1.82, 2.24) is 4.90 Å². The standard InChI is InChI=1S/C11H18N2/c1-6-10(8-11(12)7-2)9(3)13(4)5/h6-8H,2-3,12H2,1,4-5H3/b10-6+,11-8+. The smallest absolute Gasteiger partial charge is 0.0359 e. The second-order valence-electron chi connectivity index (χ2n) is 2.93. The molecule has 0 radical (unpaired) electrons. The van der Waals surface area contributed by atoms with Crippen molar-refractivity contribution in [3.05, 3.63) is 48.4 Å². The highest BCUT2D eigenvalue weighted by atomic mass is 15.1. The van der Waals surface area contributed by atoms with E-state index in [1.807, 2.05) is 38.1 Å². The molecule has 0 aromatic carbocycles. The summed E-state index contributed by atoms with van der Waals surface area (Å²) in [5.74, 6) is 0. The van der Waals surface area contributed by atoms with Crippen LogP contribution in [0.5, 0.6) is 0 Å². The van der Waals surface area contributed by atoms with Gasteiger partial charge in [-0.3, -0.25) is 0 Å². The van der Waals surface area contributed by atoms with E-state index in [0.717, 1.165) is 11.3 Å². The molecule has 72 valence electrons. The van der Waals surface area contributed by atoms with Crippen LogP contribution < -0.4 is 5.73 Å². The number of likely N-dealkylation sites (N-methyl/N-ethyl adjacent to an activating group) is 1. The van der Waals surface area contributed by atoms with E-state index in [0.29, 0.717) is 5.70 Å². The van der Waals surface area contributed by atoms with Crippen molar-refractivity contribution in [2.45, 2.75) is 6.92 Å². The van der Waals surface area contributed by atoms with E-state index < -0.39 is 0 Å². The molecular weight excluding hydrogens is 160 g/mol. The van der Waals surface area contributed by atoms with Crippen molar-refractivity contribution < 1.29 is 0 Å². The van der Waals surface area contributed by atoms with Gasteiger partial charge in [-0.05, 0) is 24.6 Å². The summed E-state index contributed by atoms with van der Waals surface area (Å²) >= 11 is 0. The molecule has 0 bridgehead atoms. The van der Waals surface area contributed by atoms with Gasteiger partial charge in [0.25, 0.3) is 0 Å². The summed E-state index contributed by atoms with van der Waals surface area (Å²) in [6.07, 6.45) is 5.44. The van der Waals surface area contributed by atoms with Gasteiger partial charge < -0.3 is 10.6 Å². The Balaban J connectivity index is 4.75. The van der Waals surface area contributed by atoms with Gasteiger partial charge in [-0.15, -0.1) is 0 Å². The van der Waals surface area contributed by atoms with Gasteiger partial charge in [-0.25, -0.2) is 0 Å². The molecule has 0 saturated carbocycles. The molecule has 0 aromatic heterocycles. The lowest BCUT2D eigenvalue weighted by atomic mass is 10.1. The maximum Gasteiger partial charge on any atom is 0.0359 e. The number of rotatable bonds is 4. The Labute approximate surface area is 80.7 Å². The first-order valence-electron chi connectivity index (χ1n) is 4.15. The summed E-state index contributed by atoms with van der Waals surface area (Å²) in [6.45, 7) is 9.48. The molecule has 0 amide bonds. The van der Waals surface area contributed by atoms with Gasteiger partial charge in [0.05, 0.1) is 0 Å². The first-order valence-corrected chi connectivity index (χ1v) is 4.15. The van der Waals surface area contributed by atoms with Crippen molar-refractivity contribution in [1.29, 1.82) is 0 Å². The molecule has 0 aromatic rings. The summed E-state index contributed by atoms with van der Waals surface area (Å²) in [5, 5.41) is 0. The van der Waals surface area contributed by atoms with Gasteiger partial charge in [-0.2, -0.15) is 0 Å². The van der Waals surface area contributed by atoms with E-state index >= 15 is 0 Å². The minimum atomic E-state index is 0.649. The normalized spacial score (nSPS) is 12.5. The summed E-state index contributed by atoms with van der Waals surface area (Å²) in [7, 11) is 3.90. The van der Waals surface area contributed by atoms with Crippen LogP contribution in [0.2, 0.25) is 0 Å². The zero-order chi connectivity index (χ0) is 10.4. The predicted octanol–water partition coefficient (Wildman–Crippen LogP) is 2.04. The minimum absolute atomic E-state index is 0.649. The molecule has 0 aliphatic carbocycles. The van der Waals surface area contributed by atoms with Gasteiger partial charge >= 0.3 is 0 Å². The van der Waals surface area contributed by atoms with Gasteiger partial charge in [0.1, 0.15) is 0 Å². The van der Waals surface area contributed by atoms with Crippen LogP contribution in [0.3, 0.4) is 0 Å². The fraction of sp³-hybridized carbons (Fsp3) is 0.273. The van der Waals surface area contributed by atoms with Crippen molar-refractivity contribution in [2.24, 2.45) is 5.73 Å². The van der Waals surface area contributed by atoms with E-state index in [9.17, 15) is 0 Å². The lowest BCUT2D eigenvalue weighted by Crippen LogP contribution is -2.11. The maximum absolute atomic E-state index is 5.63. The molecule has 0 saturated heterocycles. The molecular formula is C11H18N2. The molecule has 0 spiro atoms. The number of nitrogens with two attached hydrogens (primary N) is 1. The molecule has 0 fully saturated rings. The summed E-state index contributed by atoms with van der Waals surface area (Å²) < 4.78 is 0. The van der Waals surface area contributed by atoms with Crippen molar-refractivity contribution in [3.63, 3.8) is 0 Å². The monoisotopic (exact) mass is 178 g/mol. The van der Waals surface area contributed by atoms with E-state index in [4.69, 9.17) is 5.73 Å². The molecule has 0 atom stereocenters. The Kier molecular flexibility index (Phi) is 4.67. The second-order valence-corrected chi connectivity index (χ2v) is 2.93. The topological polar surface area (TPSA) is 29.3 Å². The fourth-order valence-electron chi connectivity index (χ4n) is 0.830. The van der Waals surface area contributed by atoms with Crippen molar-refractivity contribution in [3.8, 4) is 0 Å². The Hall–Kier alpha value is -1.44. The number of hydrogen-bond donors (Lipinski definition) is 1. The largest absolute Gasteiger partial charge is 0.399 e. The maximum atomic E-state index is 5.63. The summed E-state index contributed by atoms with van der Waals surface area (Å²) in [5.41, 5.74) is 8.23. The molecule has 2 N–H and O–H groups in total. The van der Waals surface area contributed by atoms with Crippen LogP contribution in [0.25, 0.3) is 0 Å². The SMILES string of the molecule is C=C/C(N)=C\C(=C/C)C(=C)N(C)C. The van der Waals surface area contributed by atoms with Gasteiger partial charge in [-0.1, -0.05) is 19.2 Å². The van der Waals surface area contributed by atoms with Crippen LogP contribution in [-0.4, -0.2) is 19.0 Å². The van der Waals surface area contributed by atoms with Gasteiger partial charge in [0.15, 0.2) is 0 Å². The molecule has 2 heteroatoms. The van der Waals surface area contributed by atoms with Crippen LogP contribution in [0.15, 0.2) is 48.4 Å². The summed E-state index contributed by atoms with van der Waals surface area (Å²) in [4.78, 5) is 1.95. The molecule has 0 heterocycles. The Bertz CT molecular complexity index is 257. The Morgan fingerprint density at radius 1 is 1.38 bits per heavy atom. The van der Waals surface area contributed by atoms with Crippen LogP contribution in [0.1, 0.15) is 6.92 Å². The number of hydrogen-bond acceptors (Lipinski definition) is 2. The Morgan fingerprint density at radius 3 is 2.23 bits per heavy atom. The van der Waals surface area contributed by atoms with Gasteiger partial charge in [0, 0.05) is 25.5 Å². The Morgan fingerprint density at radius 2 is 1.92 bits per heavy atom. The zero-order valence-corrected chi connectivity index (χ0v) is 8.67. The first-order chi connectivity index (χ1) is 6.02.